The molecule has 0 atom stereocenters. The van der Waals surface area contributed by atoms with E-state index in [1.807, 2.05) is 0 Å². The second kappa shape index (κ2) is 4.52. The van der Waals surface area contributed by atoms with E-state index >= 15 is 0 Å². The van der Waals surface area contributed by atoms with Crippen LogP contribution in [0.1, 0.15) is 0 Å². The fourth-order valence-electron chi connectivity index (χ4n) is 1.31. The van der Waals surface area contributed by atoms with Crippen LogP contribution >= 0.6 is 0 Å². The summed E-state index contributed by atoms with van der Waals surface area (Å²) < 4.78 is 38.4. The highest BCUT2D eigenvalue weighted by atomic mass is 19.3. The number of alkyl halides is 2. The van der Waals surface area contributed by atoms with Crippen LogP contribution in [0.3, 0.4) is 0 Å². The third-order valence-electron chi connectivity index (χ3n) is 2.07. The summed E-state index contributed by atoms with van der Waals surface area (Å²) in [5.74, 6) is -0.645. The summed E-state index contributed by atoms with van der Waals surface area (Å²) in [7, 11) is 1.25. The minimum absolute atomic E-state index is 0.0394. The van der Waals surface area contributed by atoms with Gasteiger partial charge in [0.1, 0.15) is 0 Å². The smallest absolute Gasteiger partial charge is 0.466 e. The molecule has 18 heavy (non-hydrogen) atoms. The van der Waals surface area contributed by atoms with Gasteiger partial charge < -0.3 is 19.5 Å². The third-order valence-corrected chi connectivity index (χ3v) is 2.07. The van der Waals surface area contributed by atoms with Gasteiger partial charge in [0.15, 0.2) is 11.5 Å². The topological polar surface area (TPSA) is 56.8 Å². The molecule has 0 aliphatic carbocycles. The molecule has 0 saturated carbocycles. The number of anilines is 1. The number of halogens is 2. The van der Waals surface area contributed by atoms with Crippen LogP contribution in [-0.4, -0.2) is 19.4 Å². The molecule has 1 N–H and O–H groups in total. The van der Waals surface area contributed by atoms with Crippen molar-refractivity contribution in [1.29, 1.82) is 0 Å². The Hall–Kier alpha value is -2.31. The second-order valence-electron chi connectivity index (χ2n) is 3.33. The molecular formula is C11H9F2NO4. The van der Waals surface area contributed by atoms with Crippen molar-refractivity contribution >= 4 is 11.7 Å². The van der Waals surface area contributed by atoms with E-state index in [9.17, 15) is 13.6 Å². The highest BCUT2D eigenvalue weighted by Crippen LogP contribution is 2.42. The zero-order chi connectivity index (χ0) is 13.2. The fraction of sp³-hybridized carbons (Fsp3) is 0.182. The third kappa shape index (κ3) is 2.68. The first-order chi connectivity index (χ1) is 8.50. The molecule has 0 aromatic heterocycles. The van der Waals surface area contributed by atoms with Crippen LogP contribution in [0.25, 0.3) is 0 Å². The molecule has 1 aliphatic rings. The van der Waals surface area contributed by atoms with Crippen molar-refractivity contribution in [2.45, 2.75) is 6.29 Å². The van der Waals surface area contributed by atoms with E-state index in [4.69, 9.17) is 0 Å². The van der Waals surface area contributed by atoms with Crippen LogP contribution in [0.4, 0.5) is 14.5 Å². The molecule has 1 aromatic rings. The Balaban J connectivity index is 2.05. The summed E-state index contributed by atoms with van der Waals surface area (Å²) in [6.07, 6.45) is -1.16. The van der Waals surface area contributed by atoms with E-state index in [0.29, 0.717) is 5.69 Å². The molecule has 0 saturated heterocycles. The Morgan fingerprint density at radius 3 is 2.83 bits per heavy atom. The molecule has 1 aromatic carbocycles. The first-order valence-electron chi connectivity index (χ1n) is 4.91. The van der Waals surface area contributed by atoms with E-state index in [-0.39, 0.29) is 11.5 Å². The predicted octanol–water partition coefficient (Wildman–Crippen LogP) is 2.11. The van der Waals surface area contributed by atoms with Gasteiger partial charge in [0.05, 0.1) is 7.11 Å². The van der Waals surface area contributed by atoms with E-state index in [2.05, 4.69) is 19.5 Å². The number of esters is 1. The molecular weight excluding hydrogens is 248 g/mol. The highest BCUT2D eigenvalue weighted by Gasteiger charge is 2.43. The van der Waals surface area contributed by atoms with Gasteiger partial charge in [-0.25, -0.2) is 4.79 Å². The van der Waals surface area contributed by atoms with Crippen molar-refractivity contribution in [2.75, 3.05) is 12.4 Å². The summed E-state index contributed by atoms with van der Waals surface area (Å²) in [5.41, 5.74) is 0.468. The first kappa shape index (κ1) is 12.2. The first-order valence-corrected chi connectivity index (χ1v) is 4.91. The van der Waals surface area contributed by atoms with Crippen LogP contribution in [-0.2, 0) is 9.53 Å². The molecule has 1 aliphatic heterocycles. The predicted molar refractivity (Wildman–Crippen MR) is 57.4 cm³/mol. The van der Waals surface area contributed by atoms with Gasteiger partial charge in [-0.2, -0.15) is 0 Å². The van der Waals surface area contributed by atoms with Gasteiger partial charge in [-0.05, 0) is 12.1 Å². The quantitative estimate of drug-likeness (QED) is 0.663. The number of methoxy groups -OCH3 is 1. The number of benzene rings is 1. The standard InChI is InChI=1S/C11H9F2NO4/c1-16-10(15)4-5-14-7-2-3-8-9(6-7)18-11(12,13)17-8/h2-6,14H,1H3/b5-4+. The molecule has 96 valence electrons. The van der Waals surface area contributed by atoms with E-state index in [1.165, 1.54) is 31.5 Å². The zero-order valence-corrected chi connectivity index (χ0v) is 9.28. The van der Waals surface area contributed by atoms with Gasteiger partial charge in [-0.3, -0.25) is 0 Å². The van der Waals surface area contributed by atoms with E-state index in [1.54, 1.807) is 0 Å². The number of carbonyl (C=O) groups excluding carboxylic acids is 1. The average molecular weight is 257 g/mol. The lowest BCUT2D eigenvalue weighted by atomic mass is 10.3. The summed E-state index contributed by atoms with van der Waals surface area (Å²) in [6.45, 7) is 0. The van der Waals surface area contributed by atoms with Crippen molar-refractivity contribution in [3.05, 3.63) is 30.5 Å². The molecule has 0 radical (unpaired) electrons. The number of rotatable bonds is 3. The Bertz CT molecular complexity index is 502. The van der Waals surface area contributed by atoms with Crippen molar-refractivity contribution in [2.24, 2.45) is 0 Å². The van der Waals surface area contributed by atoms with E-state index in [0.717, 1.165) is 6.08 Å². The summed E-state index contributed by atoms with van der Waals surface area (Å²) in [6, 6.07) is 4.17. The number of fused-ring (bicyclic) bond motifs is 1. The summed E-state index contributed by atoms with van der Waals surface area (Å²) in [4.78, 5) is 10.8. The number of hydrogen-bond donors (Lipinski definition) is 1. The Kier molecular flexibility index (Phi) is 3.05. The van der Waals surface area contributed by atoms with Crippen molar-refractivity contribution in [3.8, 4) is 11.5 Å². The second-order valence-corrected chi connectivity index (χ2v) is 3.33. The molecule has 0 bridgehead atoms. The fourth-order valence-corrected chi connectivity index (χ4v) is 1.31. The SMILES string of the molecule is COC(=O)/C=C/Nc1ccc2c(c1)OC(F)(F)O2. The number of hydrogen-bond acceptors (Lipinski definition) is 5. The van der Waals surface area contributed by atoms with Gasteiger partial charge >= 0.3 is 12.3 Å². The van der Waals surface area contributed by atoms with E-state index < -0.39 is 12.3 Å². The lowest BCUT2D eigenvalue weighted by Crippen LogP contribution is -2.25. The Labute approximate surface area is 101 Å². The summed E-state index contributed by atoms with van der Waals surface area (Å²) >= 11 is 0. The molecule has 0 fully saturated rings. The lowest BCUT2D eigenvalue weighted by Gasteiger charge is -2.04. The Morgan fingerprint density at radius 2 is 2.11 bits per heavy atom. The number of nitrogens with one attached hydrogen (secondary N) is 1. The van der Waals surface area contributed by atoms with Crippen LogP contribution < -0.4 is 14.8 Å². The van der Waals surface area contributed by atoms with Gasteiger partial charge in [0.25, 0.3) is 0 Å². The van der Waals surface area contributed by atoms with Crippen molar-refractivity contribution < 1.29 is 27.8 Å². The Morgan fingerprint density at radius 1 is 1.39 bits per heavy atom. The van der Waals surface area contributed by atoms with Crippen LogP contribution in [0.5, 0.6) is 11.5 Å². The zero-order valence-electron chi connectivity index (χ0n) is 9.28. The monoisotopic (exact) mass is 257 g/mol. The van der Waals surface area contributed by atoms with Crippen LogP contribution in [0.2, 0.25) is 0 Å². The van der Waals surface area contributed by atoms with Gasteiger partial charge in [-0.15, -0.1) is 8.78 Å². The minimum Gasteiger partial charge on any atom is -0.466 e. The van der Waals surface area contributed by atoms with Crippen LogP contribution in [0, 0.1) is 0 Å². The molecule has 0 unspecified atom stereocenters. The minimum atomic E-state index is -3.64. The lowest BCUT2D eigenvalue weighted by molar-refractivity contribution is -0.286. The molecule has 0 amide bonds. The molecule has 0 spiro atoms. The summed E-state index contributed by atoms with van der Waals surface area (Å²) in [5, 5.41) is 2.71. The maximum Gasteiger partial charge on any atom is 0.586 e. The maximum absolute atomic E-state index is 12.7. The molecule has 2 rings (SSSR count). The highest BCUT2D eigenvalue weighted by molar-refractivity contribution is 5.82. The van der Waals surface area contributed by atoms with Gasteiger partial charge in [0.2, 0.25) is 0 Å². The normalized spacial score (nSPS) is 15.7. The molecule has 1 heterocycles. The van der Waals surface area contributed by atoms with Crippen molar-refractivity contribution in [3.63, 3.8) is 0 Å². The number of carbonyl (C=O) groups is 1. The largest absolute Gasteiger partial charge is 0.586 e. The van der Waals surface area contributed by atoms with Crippen molar-refractivity contribution in [1.82, 2.24) is 0 Å². The molecule has 7 heteroatoms. The van der Waals surface area contributed by atoms with Crippen LogP contribution in [0.15, 0.2) is 30.5 Å². The average Bonchev–Trinajstić information content (AvgIpc) is 2.62. The number of ether oxygens (including phenoxy) is 3. The van der Waals surface area contributed by atoms with Gasteiger partial charge in [0, 0.05) is 24.0 Å². The van der Waals surface area contributed by atoms with Gasteiger partial charge in [-0.1, -0.05) is 0 Å². The maximum atomic E-state index is 12.7. The molecule has 5 nitrogen and oxygen atoms in total.